The number of aliphatic hydroxyl groups excluding tert-OH is 1. The lowest BCUT2D eigenvalue weighted by molar-refractivity contribution is -0.143. The van der Waals surface area contributed by atoms with Gasteiger partial charge in [-0.1, -0.05) is 35.0 Å². The summed E-state index contributed by atoms with van der Waals surface area (Å²) in [5.41, 5.74) is 20.0. The van der Waals surface area contributed by atoms with Gasteiger partial charge in [-0.05, 0) is 121 Å². The maximum atomic E-state index is 15.6. The number of unbranched alkanes of at least 4 members (excludes halogenated alkanes) is 3. The molecule has 56 heteroatoms. The van der Waals surface area contributed by atoms with Crippen LogP contribution in [0.5, 0.6) is 0 Å². The average molecular weight is 2060 g/mol. The molecule has 5 aliphatic rings. The second kappa shape index (κ2) is 55.0. The number of hydrogen-bond acceptors (Lipinski definition) is 29. The molecule has 5 aliphatic heterocycles. The standard InChI is InChI=1S/C91H130N36O19S/c1-49(128)76-88(144)117-67(29-50-35-101-58-17-3-2-15-56(50)58)89(145)127-28-14-21-69(127)87(143)116-66(34-55-44-125(124-122-55)26-12-8-16-57(92)79(135)102-39-74(132)112-65(86(142)119-76)32-53-38-98-48-108-53)85(141)113-60(19-6-10-24-99-71(129)23-5-4-22-70-77-68(45-147-70)118-91(146)120-77)81(137)104-40-73(131)110-61-20-9-13-27-126-43-54(121-123-126)33-62(78(93)134)114-84(140)64(31-52-37-97-47-107-52)111-75(133)42-103-80(136)59(18-7-11-25-100-90(94)95)109-72(130)41-105-82(138)63(115-83(61)139)30-51-36-96-46-106-51/h2-3,15,17,35-38,43-44,46-49,57,59-70,76-77,101,128H,4-14,16,18-34,39-42,45,92H2,1H3,(H2,93,134)(H,96,106)(H,97,107)(H,98,108)(H,99,129)(H,102,135)(H,103,136)(H,104,137)(H,105,138)(H,109,130)(H,110,131)(H,111,133)(H,112,132)(H,113,141)(H,114,140)(H,115,139)(H,116,143)(H,117,144)(H,119,142)(H4,94,95,100)(H2,118,120,146)/t49?,57-,59+,60-,61-,62-,63+,64+,65+,66-,67+,68-,69+,70?,76+,77-/m0/s1. The summed E-state index contributed by atoms with van der Waals surface area (Å²) in [4.78, 5) is 282. The van der Waals surface area contributed by atoms with Gasteiger partial charge in [-0.15, -0.1) is 10.2 Å². The number of aliphatic hydroxyl groups is 1. The number of rotatable bonds is 31. The lowest BCUT2D eigenvalue weighted by Gasteiger charge is -2.31. The molecule has 1 aromatic carbocycles. The van der Waals surface area contributed by atoms with Crippen LogP contribution >= 0.6 is 11.8 Å². The number of primary amides is 1. The van der Waals surface area contributed by atoms with Gasteiger partial charge in [-0.3, -0.25) is 96.3 Å². The number of hydrogen-bond donors (Lipinski definition) is 27. The smallest absolute Gasteiger partial charge is 0.315 e. The van der Waals surface area contributed by atoms with Gasteiger partial charge in [0.1, 0.15) is 66.5 Å². The number of H-pyrrole nitrogens is 4. The summed E-state index contributed by atoms with van der Waals surface area (Å²) >= 11 is 1.76. The number of fused-ring (bicyclic) bond motifs is 7. The maximum Gasteiger partial charge on any atom is 0.315 e. The van der Waals surface area contributed by atoms with Crippen molar-refractivity contribution in [3.8, 4) is 0 Å². The Morgan fingerprint density at radius 3 is 1.74 bits per heavy atom. The number of guanidine groups is 1. The molecule has 6 aromatic heterocycles. The van der Waals surface area contributed by atoms with Gasteiger partial charge >= 0.3 is 6.03 Å². The number of aryl methyl sites for hydroxylation is 2. The van der Waals surface area contributed by atoms with Gasteiger partial charge in [0.25, 0.3) is 0 Å². The van der Waals surface area contributed by atoms with Crippen molar-refractivity contribution in [2.45, 2.75) is 270 Å². The van der Waals surface area contributed by atoms with Crippen LogP contribution in [0.1, 0.15) is 157 Å². The number of aromatic nitrogens is 13. The van der Waals surface area contributed by atoms with Crippen LogP contribution < -0.4 is 113 Å². The summed E-state index contributed by atoms with van der Waals surface area (Å²) in [6.07, 6.45) is 13.6. The van der Waals surface area contributed by atoms with Gasteiger partial charge < -0.3 is 143 Å². The first kappa shape index (κ1) is 110. The van der Waals surface area contributed by atoms with Crippen molar-refractivity contribution >= 4 is 135 Å². The molecule has 0 saturated carbocycles. The van der Waals surface area contributed by atoms with E-state index in [0.717, 1.165) is 12.2 Å². The Hall–Kier alpha value is -15.5. The molecule has 30 N–H and O–H groups in total. The number of para-hydroxylation sites is 1. The van der Waals surface area contributed by atoms with Crippen LogP contribution in [0, 0.1) is 5.41 Å². The van der Waals surface area contributed by atoms with Crippen molar-refractivity contribution < 1.29 is 91.4 Å². The number of nitrogens with one attached hydrogen (secondary N) is 23. The number of benzene rings is 1. The third-order valence-corrected chi connectivity index (χ3v) is 27.1. The summed E-state index contributed by atoms with van der Waals surface area (Å²) in [6, 6.07) is -10.9. The fourth-order valence-electron chi connectivity index (χ4n) is 17.7. The van der Waals surface area contributed by atoms with Crippen LogP contribution in [0.25, 0.3) is 10.9 Å². The second-order valence-electron chi connectivity index (χ2n) is 36.8. The first-order valence-electron chi connectivity index (χ1n) is 49.2. The van der Waals surface area contributed by atoms with E-state index >= 15 is 24.0 Å². The van der Waals surface area contributed by atoms with E-state index in [4.69, 9.17) is 22.6 Å². The number of nitrogens with zero attached hydrogens (tertiary/aromatic N) is 10. The second-order valence-corrected chi connectivity index (χ2v) is 38.1. The van der Waals surface area contributed by atoms with E-state index < -0.39 is 206 Å². The van der Waals surface area contributed by atoms with Crippen LogP contribution in [-0.4, -0.2) is 335 Å². The largest absolute Gasteiger partial charge is 0.391 e. The molecular formula is C91H130N36O19S. The Kier molecular flexibility index (Phi) is 41.2. The van der Waals surface area contributed by atoms with E-state index in [0.29, 0.717) is 60.0 Å². The highest BCUT2D eigenvalue weighted by Gasteiger charge is 2.45. The number of carbonyl (C=O) groups is 18. The van der Waals surface area contributed by atoms with Gasteiger partial charge in [0.2, 0.25) is 100 Å². The summed E-state index contributed by atoms with van der Waals surface area (Å²) in [5.74, 6) is -14.4. The Morgan fingerprint density at radius 2 is 1.12 bits per heavy atom. The average Bonchev–Trinajstić information content (AvgIpc) is 1.68. The molecule has 19 amide bonds. The molecule has 11 heterocycles. The fourth-order valence-corrected chi connectivity index (χ4v) is 19.3. The molecule has 0 aliphatic carbocycles. The Morgan fingerprint density at radius 1 is 0.544 bits per heavy atom. The molecule has 3 fully saturated rings. The van der Waals surface area contributed by atoms with E-state index in [1.165, 1.54) is 71.2 Å². The van der Waals surface area contributed by atoms with Crippen molar-refractivity contribution in [2.75, 3.05) is 51.6 Å². The fraction of sp³-hybridized carbons (Fsp3) is 0.560. The predicted molar refractivity (Wildman–Crippen MR) is 524 cm³/mol. The molecule has 147 heavy (non-hydrogen) atoms. The highest BCUT2D eigenvalue weighted by molar-refractivity contribution is 8.00. The summed E-state index contributed by atoms with van der Waals surface area (Å²) in [7, 11) is 0. The number of amides is 19. The molecule has 16 atom stereocenters. The van der Waals surface area contributed by atoms with Gasteiger partial charge in [-0.25, -0.2) is 19.7 Å². The Labute approximate surface area is 846 Å². The minimum Gasteiger partial charge on any atom is -0.391 e. The van der Waals surface area contributed by atoms with Crippen molar-refractivity contribution in [2.24, 2.45) is 17.2 Å². The summed E-state index contributed by atoms with van der Waals surface area (Å²) < 4.78 is 2.85. The zero-order chi connectivity index (χ0) is 105. The van der Waals surface area contributed by atoms with E-state index in [-0.39, 0.29) is 194 Å². The van der Waals surface area contributed by atoms with Crippen LogP contribution in [0.3, 0.4) is 0 Å². The van der Waals surface area contributed by atoms with Crippen molar-refractivity contribution in [3.05, 3.63) is 114 Å². The molecule has 4 bridgehead atoms. The van der Waals surface area contributed by atoms with Crippen molar-refractivity contribution in [1.82, 2.24) is 165 Å². The number of thioether (sulfide) groups is 1. The van der Waals surface area contributed by atoms with Crippen LogP contribution in [0.15, 0.2) is 80.4 Å². The molecule has 0 radical (unpaired) electrons. The van der Waals surface area contributed by atoms with Crippen LogP contribution in [0.2, 0.25) is 0 Å². The zero-order valence-corrected chi connectivity index (χ0v) is 82.0. The normalized spacial score (nSPS) is 24.1. The molecule has 794 valence electrons. The minimum absolute atomic E-state index is 0.00773. The van der Waals surface area contributed by atoms with Gasteiger partial charge in [0, 0.05) is 137 Å². The molecule has 2 unspecified atom stereocenters. The first-order chi connectivity index (χ1) is 70.7. The highest BCUT2D eigenvalue weighted by atomic mass is 32.2. The molecule has 7 aromatic rings. The Bertz CT molecular complexity index is 5720. The van der Waals surface area contributed by atoms with E-state index in [2.05, 4.69) is 151 Å². The third kappa shape index (κ3) is 34.1. The van der Waals surface area contributed by atoms with E-state index in [1.54, 1.807) is 42.2 Å². The first-order valence-corrected chi connectivity index (χ1v) is 50.2. The van der Waals surface area contributed by atoms with Gasteiger partial charge in [0.05, 0.1) is 97.9 Å². The van der Waals surface area contributed by atoms with E-state index in [9.17, 15) is 67.4 Å². The molecule has 0 spiro atoms. The van der Waals surface area contributed by atoms with Gasteiger partial charge in [-0.2, -0.15) is 11.8 Å². The lowest BCUT2D eigenvalue weighted by Crippen LogP contribution is -2.62. The number of nitrogens with two attached hydrogens (primary N) is 3. The third-order valence-electron chi connectivity index (χ3n) is 25.6. The summed E-state index contributed by atoms with van der Waals surface area (Å²) in [6.45, 7) is -1.33. The molecule has 12 rings (SSSR count). The molecule has 55 nitrogen and oxygen atoms in total. The summed E-state index contributed by atoms with van der Waals surface area (Å²) in [5, 5.41) is 84.7. The van der Waals surface area contributed by atoms with E-state index in [1.807, 2.05) is 0 Å². The number of carbonyl (C=O) groups excluding carboxylic acids is 18. The molecule has 3 saturated heterocycles. The quantitative estimate of drug-likeness (QED) is 0.00830. The monoisotopic (exact) mass is 2060 g/mol. The number of aromatic amines is 4. The van der Waals surface area contributed by atoms with Crippen molar-refractivity contribution in [1.29, 1.82) is 5.41 Å². The van der Waals surface area contributed by atoms with Crippen LogP contribution in [0.4, 0.5) is 4.79 Å². The van der Waals surface area contributed by atoms with Crippen LogP contribution in [-0.2, 0) is 133 Å². The number of urea groups is 1. The topological polar surface area (TPSA) is 812 Å². The van der Waals surface area contributed by atoms with Crippen molar-refractivity contribution in [3.63, 3.8) is 0 Å². The van der Waals surface area contributed by atoms with Gasteiger partial charge in [0.15, 0.2) is 5.96 Å². The SMILES string of the molecule is CC(O)[C@H]1NC(=O)[C@@H](Cc2c[nH]cn2)NC(=O)CNC(=O)[C@@H](N)CCCCn2cc(nn2)C[C@@H](C(=O)N[C@@H](CCCCNC(=O)CCCCC2SC[C@@H]3NC(=O)N[C@H]23)C(=O)NCC(=O)N[C@H]2CCCCn3cc(nn3)C[C@@H](C(N)=O)NC(=O)[C@@H](Cc3c[nH]cn3)NC(=O)CNC(=O)[C@@H](CCCCNC(=N)N)NC(=O)CNC(=O)[C@@H](Cc3c[nH]cn3)NC2=O)NC(=O)[C@H]2CCCN2C(=O)[C@@H](Cc2c[nH]c3ccccc23)NC1=O. The lowest BCUT2D eigenvalue weighted by atomic mass is 10.0. The predicted octanol–water partition coefficient (Wildman–Crippen LogP) is -8.19. The zero-order valence-electron chi connectivity index (χ0n) is 81.2. The maximum absolute atomic E-state index is 15.6. The highest BCUT2D eigenvalue weighted by Crippen LogP contribution is 2.34. The Balaban J connectivity index is 0.799. The minimum atomic E-state index is -1.81. The number of imidazole rings is 3. The molecular weight excluding hydrogens is 1930 g/mol.